The fourth-order valence-corrected chi connectivity index (χ4v) is 4.41. The topological polar surface area (TPSA) is 49.4 Å². The van der Waals surface area contributed by atoms with Crippen LogP contribution in [0, 0.1) is 12.8 Å². The van der Waals surface area contributed by atoms with Gasteiger partial charge < -0.3 is 5.32 Å². The van der Waals surface area contributed by atoms with Gasteiger partial charge in [-0.25, -0.2) is 8.42 Å². The van der Waals surface area contributed by atoms with Crippen molar-refractivity contribution in [1.82, 2.24) is 9.62 Å². The molecule has 1 aliphatic heterocycles. The number of nitrogens with one attached hydrogen (secondary N) is 1. The van der Waals surface area contributed by atoms with Crippen molar-refractivity contribution in [2.45, 2.75) is 24.7 Å². The normalized spacial score (nSPS) is 21.1. The molecule has 6 heteroatoms. The summed E-state index contributed by atoms with van der Waals surface area (Å²) in [6.45, 7) is 3.88. The Morgan fingerprint density at radius 2 is 2.20 bits per heavy atom. The van der Waals surface area contributed by atoms with E-state index in [2.05, 4.69) is 5.32 Å². The van der Waals surface area contributed by atoms with Crippen LogP contribution < -0.4 is 5.32 Å². The summed E-state index contributed by atoms with van der Waals surface area (Å²) in [5.74, 6) is 0.379. The zero-order chi connectivity index (χ0) is 14.8. The third kappa shape index (κ3) is 3.34. The molecule has 1 heterocycles. The lowest BCUT2D eigenvalue weighted by molar-refractivity contribution is 0.263. The molecule has 0 aliphatic carbocycles. The van der Waals surface area contributed by atoms with Crippen LogP contribution in [0.5, 0.6) is 0 Å². The smallest absolute Gasteiger partial charge is 0.243 e. The predicted octanol–water partition coefficient (Wildman–Crippen LogP) is 2.27. The van der Waals surface area contributed by atoms with E-state index in [1.54, 1.807) is 22.5 Å². The summed E-state index contributed by atoms with van der Waals surface area (Å²) in [5.41, 5.74) is 0.886. The van der Waals surface area contributed by atoms with Crippen LogP contribution in [0.1, 0.15) is 18.4 Å². The quantitative estimate of drug-likeness (QED) is 0.927. The molecule has 1 aliphatic rings. The fourth-order valence-electron chi connectivity index (χ4n) is 2.58. The molecule has 112 valence electrons. The Labute approximate surface area is 126 Å². The van der Waals surface area contributed by atoms with Crippen LogP contribution in [0.4, 0.5) is 0 Å². The molecular formula is C14H21ClN2O2S. The summed E-state index contributed by atoms with van der Waals surface area (Å²) in [6, 6.07) is 4.94. The maximum absolute atomic E-state index is 12.6. The highest BCUT2D eigenvalue weighted by Crippen LogP contribution is 2.26. The first-order valence-corrected chi connectivity index (χ1v) is 8.68. The van der Waals surface area contributed by atoms with Gasteiger partial charge in [-0.1, -0.05) is 17.7 Å². The van der Waals surface area contributed by atoms with Gasteiger partial charge in [-0.2, -0.15) is 4.31 Å². The molecule has 0 aromatic heterocycles. The molecule has 20 heavy (non-hydrogen) atoms. The van der Waals surface area contributed by atoms with Crippen molar-refractivity contribution < 1.29 is 8.42 Å². The van der Waals surface area contributed by atoms with Gasteiger partial charge >= 0.3 is 0 Å². The highest BCUT2D eigenvalue weighted by molar-refractivity contribution is 7.89. The molecule has 0 bridgehead atoms. The second-order valence-electron chi connectivity index (χ2n) is 5.34. The first-order valence-electron chi connectivity index (χ1n) is 6.86. The molecule has 4 nitrogen and oxygen atoms in total. The second kappa shape index (κ2) is 6.43. The molecule has 1 saturated heterocycles. The summed E-state index contributed by atoms with van der Waals surface area (Å²) < 4.78 is 26.9. The van der Waals surface area contributed by atoms with E-state index in [0.717, 1.165) is 24.9 Å². The van der Waals surface area contributed by atoms with Crippen molar-refractivity contribution in [2.75, 3.05) is 26.7 Å². The molecule has 0 amide bonds. The Bertz CT molecular complexity index is 573. The molecule has 1 fully saturated rings. The average Bonchev–Trinajstić information content (AvgIpc) is 2.42. The van der Waals surface area contributed by atoms with Crippen LogP contribution in [0.15, 0.2) is 23.1 Å². The van der Waals surface area contributed by atoms with Crippen molar-refractivity contribution in [3.05, 3.63) is 28.8 Å². The number of aryl methyl sites for hydroxylation is 1. The van der Waals surface area contributed by atoms with Crippen LogP contribution in [0.25, 0.3) is 0 Å². The highest BCUT2D eigenvalue weighted by atomic mass is 35.5. The van der Waals surface area contributed by atoms with Crippen LogP contribution in [-0.2, 0) is 10.0 Å². The van der Waals surface area contributed by atoms with E-state index in [0.29, 0.717) is 28.9 Å². The Kier molecular flexibility index (Phi) is 5.07. The number of piperidine rings is 1. The van der Waals surface area contributed by atoms with Crippen molar-refractivity contribution in [3.8, 4) is 0 Å². The number of rotatable bonds is 4. The maximum Gasteiger partial charge on any atom is 0.243 e. The predicted molar refractivity (Wildman–Crippen MR) is 81.6 cm³/mol. The van der Waals surface area contributed by atoms with Gasteiger partial charge in [-0.3, -0.25) is 0 Å². The van der Waals surface area contributed by atoms with Crippen molar-refractivity contribution in [2.24, 2.45) is 5.92 Å². The Morgan fingerprint density at radius 3 is 2.85 bits per heavy atom. The summed E-state index contributed by atoms with van der Waals surface area (Å²) in [4.78, 5) is 0.290. The SMILES string of the molecule is CNCC1CCCN(S(=O)(=O)c2ccc(C)c(Cl)c2)C1. The summed E-state index contributed by atoms with van der Waals surface area (Å²) >= 11 is 6.04. The lowest BCUT2D eigenvalue weighted by Gasteiger charge is -2.31. The first kappa shape index (κ1) is 15.8. The van der Waals surface area contributed by atoms with E-state index in [1.165, 1.54) is 0 Å². The number of benzene rings is 1. The van der Waals surface area contributed by atoms with Gasteiger partial charge in [0.2, 0.25) is 10.0 Å². The lowest BCUT2D eigenvalue weighted by atomic mass is 10.00. The van der Waals surface area contributed by atoms with Crippen LogP contribution in [-0.4, -0.2) is 39.4 Å². The number of nitrogens with zero attached hydrogens (tertiary/aromatic N) is 1. The molecule has 0 radical (unpaired) electrons. The van der Waals surface area contributed by atoms with Gasteiger partial charge in [0.05, 0.1) is 4.90 Å². The van der Waals surface area contributed by atoms with E-state index in [4.69, 9.17) is 11.6 Å². The molecule has 0 saturated carbocycles. The summed E-state index contributed by atoms with van der Waals surface area (Å²) in [7, 11) is -1.54. The molecule has 2 rings (SSSR count). The minimum absolute atomic E-state index is 0.290. The molecule has 0 spiro atoms. The Morgan fingerprint density at radius 1 is 1.45 bits per heavy atom. The molecule has 1 N–H and O–H groups in total. The van der Waals surface area contributed by atoms with Gasteiger partial charge in [-0.05, 0) is 57.0 Å². The minimum atomic E-state index is -3.43. The Balaban J connectivity index is 2.23. The van der Waals surface area contributed by atoms with Crippen molar-refractivity contribution in [3.63, 3.8) is 0 Å². The van der Waals surface area contributed by atoms with Gasteiger partial charge in [0.15, 0.2) is 0 Å². The zero-order valence-electron chi connectivity index (χ0n) is 11.9. The molecule has 1 atom stereocenters. The van der Waals surface area contributed by atoms with E-state index >= 15 is 0 Å². The molecular weight excluding hydrogens is 296 g/mol. The van der Waals surface area contributed by atoms with Gasteiger partial charge in [0.25, 0.3) is 0 Å². The maximum atomic E-state index is 12.6. The summed E-state index contributed by atoms with van der Waals surface area (Å²) in [5, 5.41) is 3.62. The van der Waals surface area contributed by atoms with E-state index in [9.17, 15) is 8.42 Å². The largest absolute Gasteiger partial charge is 0.319 e. The van der Waals surface area contributed by atoms with Gasteiger partial charge in [0.1, 0.15) is 0 Å². The Hall–Kier alpha value is -0.620. The van der Waals surface area contributed by atoms with Gasteiger partial charge in [-0.15, -0.1) is 0 Å². The molecule has 1 aromatic carbocycles. The van der Waals surface area contributed by atoms with E-state index in [1.807, 2.05) is 14.0 Å². The van der Waals surface area contributed by atoms with Crippen molar-refractivity contribution >= 4 is 21.6 Å². The fraction of sp³-hybridized carbons (Fsp3) is 0.571. The zero-order valence-corrected chi connectivity index (χ0v) is 13.5. The highest BCUT2D eigenvalue weighted by Gasteiger charge is 2.30. The van der Waals surface area contributed by atoms with Gasteiger partial charge in [0, 0.05) is 18.1 Å². The second-order valence-corrected chi connectivity index (χ2v) is 7.69. The van der Waals surface area contributed by atoms with Crippen LogP contribution in [0.3, 0.4) is 0 Å². The minimum Gasteiger partial charge on any atom is -0.319 e. The third-order valence-electron chi connectivity index (χ3n) is 3.76. The number of sulfonamides is 1. The average molecular weight is 317 g/mol. The number of hydrogen-bond donors (Lipinski definition) is 1. The standard InChI is InChI=1S/C14H21ClN2O2S/c1-11-5-6-13(8-14(11)15)20(18,19)17-7-3-4-12(10-17)9-16-2/h5-6,8,12,16H,3-4,7,9-10H2,1-2H3. The number of hydrogen-bond acceptors (Lipinski definition) is 3. The molecule has 1 unspecified atom stereocenters. The first-order chi connectivity index (χ1) is 9.45. The van der Waals surface area contributed by atoms with Crippen LogP contribution >= 0.6 is 11.6 Å². The monoisotopic (exact) mass is 316 g/mol. The number of halogens is 1. The van der Waals surface area contributed by atoms with Crippen molar-refractivity contribution in [1.29, 1.82) is 0 Å². The van der Waals surface area contributed by atoms with E-state index < -0.39 is 10.0 Å². The molecule has 1 aromatic rings. The van der Waals surface area contributed by atoms with Crippen LogP contribution in [0.2, 0.25) is 5.02 Å². The lowest BCUT2D eigenvalue weighted by Crippen LogP contribution is -2.42. The van der Waals surface area contributed by atoms with E-state index in [-0.39, 0.29) is 0 Å². The third-order valence-corrected chi connectivity index (χ3v) is 6.02. The summed E-state index contributed by atoms with van der Waals surface area (Å²) in [6.07, 6.45) is 1.98.